The lowest BCUT2D eigenvalue weighted by Gasteiger charge is -2.27. The van der Waals surface area contributed by atoms with E-state index in [4.69, 9.17) is 0 Å². The Balaban J connectivity index is 1.54. The van der Waals surface area contributed by atoms with Crippen molar-refractivity contribution in [2.75, 3.05) is 4.90 Å². The summed E-state index contributed by atoms with van der Waals surface area (Å²) in [5.74, 6) is 0. The van der Waals surface area contributed by atoms with E-state index in [0.717, 1.165) is 17.1 Å². The summed E-state index contributed by atoms with van der Waals surface area (Å²) < 4.78 is 0. The van der Waals surface area contributed by atoms with Crippen molar-refractivity contribution >= 4 is 17.1 Å². The van der Waals surface area contributed by atoms with Crippen LogP contribution in [0.15, 0.2) is 158 Å². The first-order valence-corrected chi connectivity index (χ1v) is 13.0. The van der Waals surface area contributed by atoms with Crippen molar-refractivity contribution in [3.05, 3.63) is 163 Å². The number of rotatable bonds is 6. The predicted octanol–water partition coefficient (Wildman–Crippen LogP) is 10.5. The number of anilines is 3. The minimum atomic E-state index is 1.12. The Morgan fingerprint density at radius 3 is 1.32 bits per heavy atom. The van der Waals surface area contributed by atoms with Gasteiger partial charge in [0.25, 0.3) is 0 Å². The third kappa shape index (κ3) is 5.00. The Morgan fingerprint density at radius 1 is 0.316 bits per heavy atom. The van der Waals surface area contributed by atoms with Gasteiger partial charge in [-0.05, 0) is 88.8 Å². The highest BCUT2D eigenvalue weighted by atomic mass is 15.1. The largest absolute Gasteiger partial charge is 0.310 e. The van der Waals surface area contributed by atoms with Crippen molar-refractivity contribution in [1.29, 1.82) is 0 Å². The molecule has 0 N–H and O–H groups in total. The standard InChI is InChI=1S/C37H29N/c1-28-20-22-30(23-21-28)31-14-11-15-32(24-31)34-25-33(29-12-5-2-6-13-29)26-37(27-34)38(35-16-7-3-8-17-35)36-18-9-4-10-19-36/h2-27H,1H3. The highest BCUT2D eigenvalue weighted by Crippen LogP contribution is 2.39. The molecule has 0 heterocycles. The smallest absolute Gasteiger partial charge is 0.0473 e. The Bertz CT molecular complexity index is 1600. The first-order valence-electron chi connectivity index (χ1n) is 13.0. The van der Waals surface area contributed by atoms with Crippen LogP contribution in [-0.2, 0) is 0 Å². The number of aryl methyl sites for hydroxylation is 1. The molecule has 1 heteroatoms. The summed E-state index contributed by atoms with van der Waals surface area (Å²) in [5, 5.41) is 0. The molecule has 1 nitrogen and oxygen atoms in total. The maximum atomic E-state index is 2.33. The zero-order valence-corrected chi connectivity index (χ0v) is 21.5. The summed E-state index contributed by atoms with van der Waals surface area (Å²) >= 11 is 0. The van der Waals surface area contributed by atoms with Crippen LogP contribution in [0.4, 0.5) is 17.1 Å². The van der Waals surface area contributed by atoms with Gasteiger partial charge in [-0.1, -0.05) is 115 Å². The second-order valence-corrected chi connectivity index (χ2v) is 9.59. The zero-order valence-electron chi connectivity index (χ0n) is 21.5. The van der Waals surface area contributed by atoms with Crippen LogP contribution in [0.1, 0.15) is 5.56 Å². The van der Waals surface area contributed by atoms with Gasteiger partial charge in [0.15, 0.2) is 0 Å². The lowest BCUT2D eigenvalue weighted by Crippen LogP contribution is -2.10. The maximum Gasteiger partial charge on any atom is 0.0473 e. The van der Waals surface area contributed by atoms with Gasteiger partial charge >= 0.3 is 0 Å². The van der Waals surface area contributed by atoms with Gasteiger partial charge in [0, 0.05) is 17.1 Å². The molecular weight excluding hydrogens is 458 g/mol. The molecule has 0 aliphatic carbocycles. The molecule has 0 fully saturated rings. The summed E-state index contributed by atoms with van der Waals surface area (Å²) in [7, 11) is 0. The summed E-state index contributed by atoms with van der Waals surface area (Å²) in [4.78, 5) is 2.33. The van der Waals surface area contributed by atoms with Gasteiger partial charge in [0.2, 0.25) is 0 Å². The monoisotopic (exact) mass is 487 g/mol. The first kappa shape index (κ1) is 23.5. The second-order valence-electron chi connectivity index (χ2n) is 9.59. The van der Waals surface area contributed by atoms with Crippen LogP contribution in [0.25, 0.3) is 33.4 Å². The molecule has 0 bridgehead atoms. The van der Waals surface area contributed by atoms with Crippen molar-refractivity contribution < 1.29 is 0 Å². The minimum Gasteiger partial charge on any atom is -0.310 e. The third-order valence-electron chi connectivity index (χ3n) is 6.89. The quantitative estimate of drug-likeness (QED) is 0.226. The molecule has 182 valence electrons. The molecule has 0 amide bonds. The fourth-order valence-electron chi connectivity index (χ4n) is 4.93. The topological polar surface area (TPSA) is 3.24 Å². The molecule has 0 saturated heterocycles. The lowest BCUT2D eigenvalue weighted by atomic mass is 9.95. The van der Waals surface area contributed by atoms with E-state index in [9.17, 15) is 0 Å². The van der Waals surface area contributed by atoms with Crippen LogP contribution < -0.4 is 4.90 Å². The van der Waals surface area contributed by atoms with Crippen molar-refractivity contribution in [2.45, 2.75) is 6.92 Å². The molecule has 0 radical (unpaired) electrons. The van der Waals surface area contributed by atoms with Crippen LogP contribution >= 0.6 is 0 Å². The highest BCUT2D eigenvalue weighted by molar-refractivity contribution is 5.85. The number of hydrogen-bond acceptors (Lipinski definition) is 1. The van der Waals surface area contributed by atoms with Gasteiger partial charge in [-0.25, -0.2) is 0 Å². The SMILES string of the molecule is Cc1ccc(-c2cccc(-c3cc(-c4ccccc4)cc(N(c4ccccc4)c4ccccc4)c3)c2)cc1. The molecule has 6 rings (SSSR count). The van der Waals surface area contributed by atoms with Crippen molar-refractivity contribution in [3.63, 3.8) is 0 Å². The van der Waals surface area contributed by atoms with E-state index in [0.29, 0.717) is 0 Å². The Morgan fingerprint density at radius 2 is 0.737 bits per heavy atom. The molecule has 6 aromatic rings. The van der Waals surface area contributed by atoms with Crippen molar-refractivity contribution in [3.8, 4) is 33.4 Å². The van der Waals surface area contributed by atoms with Crippen LogP contribution in [-0.4, -0.2) is 0 Å². The molecule has 0 saturated carbocycles. The Hall–Kier alpha value is -4.88. The lowest BCUT2D eigenvalue weighted by molar-refractivity contribution is 1.28. The van der Waals surface area contributed by atoms with Crippen molar-refractivity contribution in [1.82, 2.24) is 0 Å². The second kappa shape index (κ2) is 10.6. The average molecular weight is 488 g/mol. The molecule has 0 aliphatic heterocycles. The highest BCUT2D eigenvalue weighted by Gasteiger charge is 2.15. The predicted molar refractivity (Wildman–Crippen MR) is 162 cm³/mol. The van der Waals surface area contributed by atoms with E-state index in [2.05, 4.69) is 170 Å². The summed E-state index contributed by atoms with van der Waals surface area (Å²) in [6.07, 6.45) is 0. The third-order valence-corrected chi connectivity index (χ3v) is 6.89. The molecular formula is C37H29N. The fourth-order valence-corrected chi connectivity index (χ4v) is 4.93. The Kier molecular flexibility index (Phi) is 6.57. The fraction of sp³-hybridized carbons (Fsp3) is 0.0270. The summed E-state index contributed by atoms with van der Waals surface area (Å²) in [6.45, 7) is 2.13. The molecule has 0 aliphatic rings. The van der Waals surface area contributed by atoms with Crippen LogP contribution in [0.5, 0.6) is 0 Å². The van der Waals surface area contributed by atoms with Crippen LogP contribution in [0, 0.1) is 6.92 Å². The molecule has 0 unspecified atom stereocenters. The van der Waals surface area contributed by atoms with E-state index >= 15 is 0 Å². The number of para-hydroxylation sites is 2. The average Bonchev–Trinajstić information content (AvgIpc) is 2.99. The van der Waals surface area contributed by atoms with Gasteiger partial charge in [0.1, 0.15) is 0 Å². The van der Waals surface area contributed by atoms with Gasteiger partial charge in [0.05, 0.1) is 0 Å². The van der Waals surface area contributed by atoms with Crippen LogP contribution in [0.2, 0.25) is 0 Å². The molecule has 0 atom stereocenters. The number of hydrogen-bond donors (Lipinski definition) is 0. The summed E-state index contributed by atoms with van der Waals surface area (Å²) in [6, 6.07) is 56.3. The molecule has 0 aromatic heterocycles. The van der Waals surface area contributed by atoms with Gasteiger partial charge in [-0.15, -0.1) is 0 Å². The van der Waals surface area contributed by atoms with Crippen molar-refractivity contribution in [2.24, 2.45) is 0 Å². The molecule has 38 heavy (non-hydrogen) atoms. The number of nitrogens with zero attached hydrogens (tertiary/aromatic N) is 1. The van der Waals surface area contributed by atoms with E-state index in [1.165, 1.54) is 38.9 Å². The van der Waals surface area contributed by atoms with E-state index in [1.54, 1.807) is 0 Å². The van der Waals surface area contributed by atoms with Crippen LogP contribution in [0.3, 0.4) is 0 Å². The first-order chi connectivity index (χ1) is 18.7. The Labute approximate surface area is 225 Å². The van der Waals surface area contributed by atoms with Gasteiger partial charge < -0.3 is 4.90 Å². The van der Waals surface area contributed by atoms with E-state index in [-0.39, 0.29) is 0 Å². The minimum absolute atomic E-state index is 1.12. The molecule has 0 spiro atoms. The van der Waals surface area contributed by atoms with Gasteiger partial charge in [-0.2, -0.15) is 0 Å². The summed E-state index contributed by atoms with van der Waals surface area (Å²) in [5.41, 5.74) is 11.9. The van der Waals surface area contributed by atoms with Gasteiger partial charge in [-0.3, -0.25) is 0 Å². The normalized spacial score (nSPS) is 10.8. The molecule has 6 aromatic carbocycles. The maximum absolute atomic E-state index is 2.33. The number of benzene rings is 6. The van der Waals surface area contributed by atoms with E-state index < -0.39 is 0 Å². The van der Waals surface area contributed by atoms with E-state index in [1.807, 2.05) is 0 Å². The zero-order chi connectivity index (χ0) is 25.7.